The van der Waals surface area contributed by atoms with Gasteiger partial charge in [-0.2, -0.15) is 0 Å². The van der Waals surface area contributed by atoms with Crippen molar-refractivity contribution in [2.24, 2.45) is 0 Å². The Labute approximate surface area is 150 Å². The van der Waals surface area contributed by atoms with Crippen molar-refractivity contribution in [3.63, 3.8) is 0 Å². The summed E-state index contributed by atoms with van der Waals surface area (Å²) in [6.45, 7) is 2.10. The van der Waals surface area contributed by atoms with Gasteiger partial charge < -0.3 is 29.1 Å². The lowest BCUT2D eigenvalue weighted by atomic mass is 10.1. The van der Waals surface area contributed by atoms with Gasteiger partial charge in [-0.25, -0.2) is 4.79 Å². The molecule has 0 radical (unpaired) electrons. The number of aryl methyl sites for hydroxylation is 1. The lowest BCUT2D eigenvalue weighted by Crippen LogP contribution is -2.51. The summed E-state index contributed by atoms with van der Waals surface area (Å²) in [6, 6.07) is 4.92. The Morgan fingerprint density at radius 2 is 2.19 bits per heavy atom. The van der Waals surface area contributed by atoms with E-state index in [9.17, 15) is 9.59 Å². The van der Waals surface area contributed by atoms with E-state index >= 15 is 0 Å². The molecular formula is C18H21NO7. The third-order valence-corrected chi connectivity index (χ3v) is 4.38. The zero-order chi connectivity index (χ0) is 18.7. The van der Waals surface area contributed by atoms with Crippen molar-refractivity contribution in [1.82, 2.24) is 5.32 Å². The number of carboxylic acids is 1. The average molecular weight is 363 g/mol. The van der Waals surface area contributed by atoms with Crippen molar-refractivity contribution in [3.8, 4) is 5.75 Å². The van der Waals surface area contributed by atoms with Gasteiger partial charge in [0, 0.05) is 23.6 Å². The maximum absolute atomic E-state index is 12.7. The molecule has 26 heavy (non-hydrogen) atoms. The lowest BCUT2D eigenvalue weighted by molar-refractivity contribution is -0.147. The second-order valence-electron chi connectivity index (χ2n) is 6.11. The minimum atomic E-state index is -1.05. The van der Waals surface area contributed by atoms with Crippen LogP contribution in [0.4, 0.5) is 0 Å². The normalized spacial score (nSPS) is 20.1. The molecule has 3 rings (SSSR count). The van der Waals surface area contributed by atoms with Crippen molar-refractivity contribution in [1.29, 1.82) is 0 Å². The monoisotopic (exact) mass is 363 g/mol. The third kappa shape index (κ3) is 3.81. The van der Waals surface area contributed by atoms with Crippen LogP contribution >= 0.6 is 0 Å². The van der Waals surface area contributed by atoms with E-state index in [4.69, 9.17) is 23.7 Å². The Balaban J connectivity index is 1.76. The minimum absolute atomic E-state index is 0.204. The van der Waals surface area contributed by atoms with Crippen LogP contribution in [0.15, 0.2) is 22.6 Å². The van der Waals surface area contributed by atoms with Crippen LogP contribution in [-0.2, 0) is 14.3 Å². The van der Waals surface area contributed by atoms with E-state index in [0.717, 1.165) is 10.9 Å². The predicted molar refractivity (Wildman–Crippen MR) is 91.6 cm³/mol. The fourth-order valence-electron chi connectivity index (χ4n) is 3.01. The van der Waals surface area contributed by atoms with Gasteiger partial charge in [0.25, 0.3) is 5.91 Å². The molecule has 1 aliphatic heterocycles. The van der Waals surface area contributed by atoms with Crippen LogP contribution in [0.2, 0.25) is 0 Å². The van der Waals surface area contributed by atoms with Crippen LogP contribution < -0.4 is 10.1 Å². The Bertz CT molecular complexity index is 813. The van der Waals surface area contributed by atoms with Crippen LogP contribution in [0.3, 0.4) is 0 Å². The molecule has 2 atom stereocenters. The molecule has 0 bridgehead atoms. The Morgan fingerprint density at radius 3 is 2.92 bits per heavy atom. The van der Waals surface area contributed by atoms with Gasteiger partial charge >= 0.3 is 5.97 Å². The highest BCUT2D eigenvalue weighted by Gasteiger charge is 2.30. The maximum Gasteiger partial charge on any atom is 0.329 e. The van der Waals surface area contributed by atoms with Crippen molar-refractivity contribution in [2.45, 2.75) is 25.5 Å². The number of carbonyl (C=O) groups is 2. The Kier molecular flexibility index (Phi) is 5.43. The summed E-state index contributed by atoms with van der Waals surface area (Å²) >= 11 is 0. The number of methoxy groups -OCH3 is 1. The number of hydrogen-bond acceptors (Lipinski definition) is 6. The largest absolute Gasteiger partial charge is 0.497 e. The van der Waals surface area contributed by atoms with Gasteiger partial charge in [0.2, 0.25) is 0 Å². The smallest absolute Gasteiger partial charge is 0.329 e. The molecule has 1 aromatic carbocycles. The summed E-state index contributed by atoms with van der Waals surface area (Å²) < 4.78 is 21.6. The number of rotatable bonds is 6. The highest BCUT2D eigenvalue weighted by molar-refractivity contribution is 5.99. The molecule has 1 amide bonds. The number of hydrogen-bond donors (Lipinski definition) is 2. The molecular weight excluding hydrogens is 342 g/mol. The zero-order valence-electron chi connectivity index (χ0n) is 14.6. The van der Waals surface area contributed by atoms with E-state index in [1.54, 1.807) is 19.2 Å². The number of carbonyl (C=O) groups excluding carboxylic acids is 1. The summed E-state index contributed by atoms with van der Waals surface area (Å²) in [5, 5.41) is 12.4. The summed E-state index contributed by atoms with van der Waals surface area (Å²) in [5.41, 5.74) is 1.28. The molecule has 2 N–H and O–H groups in total. The molecule has 140 valence electrons. The van der Waals surface area contributed by atoms with Crippen LogP contribution in [0, 0.1) is 6.92 Å². The fraction of sp³-hybridized carbons (Fsp3) is 0.444. The zero-order valence-corrected chi connectivity index (χ0v) is 14.6. The molecule has 8 nitrogen and oxygen atoms in total. The molecule has 1 aromatic heterocycles. The Morgan fingerprint density at radius 1 is 1.38 bits per heavy atom. The van der Waals surface area contributed by atoms with E-state index in [2.05, 4.69) is 5.32 Å². The first-order valence-electron chi connectivity index (χ1n) is 8.28. The molecule has 1 aliphatic rings. The summed E-state index contributed by atoms with van der Waals surface area (Å²) in [4.78, 5) is 23.4. The number of nitrogens with one attached hydrogen (secondary N) is 1. The topological polar surface area (TPSA) is 107 Å². The quantitative estimate of drug-likeness (QED) is 0.805. The number of ether oxygens (including phenoxy) is 3. The molecule has 1 fully saturated rings. The number of carboxylic acid groups (broad SMARTS) is 1. The fourth-order valence-corrected chi connectivity index (χ4v) is 3.01. The van der Waals surface area contributed by atoms with Gasteiger partial charge in [-0.05, 0) is 25.5 Å². The molecule has 0 unspecified atom stereocenters. The van der Waals surface area contributed by atoms with Crippen molar-refractivity contribution in [2.75, 3.05) is 26.9 Å². The predicted octanol–water partition coefficient (Wildman–Crippen LogP) is 1.74. The summed E-state index contributed by atoms with van der Waals surface area (Å²) in [6.07, 6.45) is 0.0859. The van der Waals surface area contributed by atoms with Gasteiger partial charge in [-0.3, -0.25) is 4.79 Å². The summed E-state index contributed by atoms with van der Waals surface area (Å²) in [5.74, 6) is -0.599. The average Bonchev–Trinajstić information content (AvgIpc) is 2.97. The number of fused-ring (bicyclic) bond motifs is 1. The van der Waals surface area contributed by atoms with Crippen molar-refractivity contribution >= 4 is 22.8 Å². The minimum Gasteiger partial charge on any atom is -0.497 e. The maximum atomic E-state index is 12.7. The molecule has 0 saturated carbocycles. The van der Waals surface area contributed by atoms with Crippen molar-refractivity contribution in [3.05, 3.63) is 29.5 Å². The van der Waals surface area contributed by atoms with Gasteiger partial charge in [0.05, 0.1) is 25.9 Å². The van der Waals surface area contributed by atoms with E-state index in [0.29, 0.717) is 24.4 Å². The van der Waals surface area contributed by atoms with E-state index in [1.165, 1.54) is 0 Å². The highest BCUT2D eigenvalue weighted by Crippen LogP contribution is 2.28. The number of furan rings is 1. The first-order chi connectivity index (χ1) is 12.5. The lowest BCUT2D eigenvalue weighted by Gasteiger charge is -2.31. The molecule has 0 spiro atoms. The van der Waals surface area contributed by atoms with E-state index < -0.39 is 30.6 Å². The molecule has 8 heteroatoms. The summed E-state index contributed by atoms with van der Waals surface area (Å²) in [7, 11) is 1.56. The SMILES string of the molecule is COc1ccc2c(C)c(C(=O)N[C@@H]3COCC[C@@H]3OCC(=O)O)oc2c1. The van der Waals surface area contributed by atoms with E-state index in [-0.39, 0.29) is 12.4 Å². The molecule has 0 aliphatic carbocycles. The second kappa shape index (κ2) is 7.76. The Hall–Kier alpha value is -2.58. The van der Waals surface area contributed by atoms with Crippen LogP contribution in [0.5, 0.6) is 5.75 Å². The number of amides is 1. The van der Waals surface area contributed by atoms with Gasteiger partial charge in [-0.1, -0.05) is 0 Å². The molecule has 1 saturated heterocycles. The van der Waals surface area contributed by atoms with Crippen LogP contribution in [0.25, 0.3) is 11.0 Å². The molecule has 2 aromatic rings. The van der Waals surface area contributed by atoms with Crippen LogP contribution in [0.1, 0.15) is 22.5 Å². The van der Waals surface area contributed by atoms with Gasteiger partial charge in [0.15, 0.2) is 5.76 Å². The van der Waals surface area contributed by atoms with Crippen LogP contribution in [-0.4, -0.2) is 56.1 Å². The standard InChI is InChI=1S/C18H21NO7/c1-10-12-4-3-11(23-2)7-15(12)26-17(10)18(22)19-13-8-24-6-5-14(13)25-9-16(20)21/h3-4,7,13-14H,5-6,8-9H2,1-2H3,(H,19,22)(H,20,21)/t13-,14+/m1/s1. The van der Waals surface area contributed by atoms with Crippen molar-refractivity contribution < 1.29 is 33.3 Å². The van der Waals surface area contributed by atoms with Gasteiger partial charge in [-0.15, -0.1) is 0 Å². The first kappa shape index (κ1) is 18.2. The van der Waals surface area contributed by atoms with E-state index in [1.807, 2.05) is 13.0 Å². The third-order valence-electron chi connectivity index (χ3n) is 4.38. The van der Waals surface area contributed by atoms with Gasteiger partial charge in [0.1, 0.15) is 17.9 Å². The first-order valence-corrected chi connectivity index (χ1v) is 8.28. The molecule has 2 heterocycles. The number of aliphatic carboxylic acids is 1. The second-order valence-corrected chi connectivity index (χ2v) is 6.11. The highest BCUT2D eigenvalue weighted by atomic mass is 16.5. The number of benzene rings is 1.